The first-order valence-electron chi connectivity index (χ1n) is 6.79. The van der Waals surface area contributed by atoms with Crippen LogP contribution in [0.5, 0.6) is 0 Å². The third-order valence-corrected chi connectivity index (χ3v) is 4.24. The number of hydrazone groups is 1. The Labute approximate surface area is 135 Å². The molecule has 0 spiro atoms. The van der Waals surface area contributed by atoms with Gasteiger partial charge in [-0.2, -0.15) is 5.10 Å². The molecule has 0 bridgehead atoms. The lowest BCUT2D eigenvalue weighted by molar-refractivity contribution is 0.0702. The summed E-state index contributed by atoms with van der Waals surface area (Å²) in [5.74, 6) is -1.29. The summed E-state index contributed by atoms with van der Waals surface area (Å²) in [6.45, 7) is 0. The molecule has 0 aliphatic rings. The van der Waals surface area contributed by atoms with Gasteiger partial charge in [0.1, 0.15) is 4.88 Å². The van der Waals surface area contributed by atoms with Crippen LogP contribution in [0.25, 0.3) is 10.8 Å². The van der Waals surface area contributed by atoms with E-state index in [1.165, 1.54) is 12.3 Å². The minimum atomic E-state index is -0.977. The number of fused-ring (bicyclic) bond motifs is 1. The van der Waals surface area contributed by atoms with Crippen LogP contribution in [-0.2, 0) is 0 Å². The molecule has 3 rings (SSSR count). The maximum absolute atomic E-state index is 12.2. The van der Waals surface area contributed by atoms with Crippen molar-refractivity contribution in [2.75, 3.05) is 0 Å². The number of thiophene rings is 1. The van der Waals surface area contributed by atoms with Gasteiger partial charge in [-0.15, -0.1) is 11.3 Å². The number of hydrogen-bond acceptors (Lipinski definition) is 4. The van der Waals surface area contributed by atoms with E-state index in [9.17, 15) is 9.59 Å². The van der Waals surface area contributed by atoms with Crippen LogP contribution in [0.2, 0.25) is 0 Å². The zero-order valence-corrected chi connectivity index (χ0v) is 12.7. The summed E-state index contributed by atoms with van der Waals surface area (Å²) in [5, 5.41) is 14.6. The summed E-state index contributed by atoms with van der Waals surface area (Å²) in [6, 6.07) is 16.2. The molecule has 1 heterocycles. The van der Waals surface area contributed by atoms with Gasteiger partial charge in [-0.1, -0.05) is 36.4 Å². The highest BCUT2D eigenvalue weighted by atomic mass is 32.1. The monoisotopic (exact) mass is 324 g/mol. The number of carboxylic acid groups (broad SMARTS) is 1. The molecule has 6 heteroatoms. The van der Waals surface area contributed by atoms with Crippen molar-refractivity contribution in [3.8, 4) is 0 Å². The van der Waals surface area contributed by atoms with E-state index < -0.39 is 5.97 Å². The van der Waals surface area contributed by atoms with Gasteiger partial charge < -0.3 is 5.11 Å². The molecule has 114 valence electrons. The highest BCUT2D eigenvalue weighted by Gasteiger charge is 2.09. The average molecular weight is 324 g/mol. The van der Waals surface area contributed by atoms with Crippen molar-refractivity contribution in [2.45, 2.75) is 0 Å². The highest BCUT2D eigenvalue weighted by Crippen LogP contribution is 2.18. The van der Waals surface area contributed by atoms with Gasteiger partial charge in [0.2, 0.25) is 0 Å². The zero-order chi connectivity index (χ0) is 16.2. The summed E-state index contributed by atoms with van der Waals surface area (Å²) in [7, 11) is 0. The Morgan fingerprint density at radius 3 is 2.61 bits per heavy atom. The van der Waals surface area contributed by atoms with Gasteiger partial charge in [0.25, 0.3) is 5.91 Å². The summed E-state index contributed by atoms with van der Waals surface area (Å²) >= 11 is 1.09. The number of carboxylic acids is 1. The minimum Gasteiger partial charge on any atom is -0.477 e. The molecule has 1 amide bonds. The summed E-state index contributed by atoms with van der Waals surface area (Å²) in [6.07, 6.45) is 1.43. The highest BCUT2D eigenvalue weighted by molar-refractivity contribution is 7.15. The smallest absolute Gasteiger partial charge is 0.345 e. The molecular weight excluding hydrogens is 312 g/mol. The summed E-state index contributed by atoms with van der Waals surface area (Å²) in [5.41, 5.74) is 3.01. The molecule has 0 saturated heterocycles. The standard InChI is InChI=1S/C17H12N2O3S/c20-16(14-7-3-5-11-4-1-2-6-13(11)14)19-18-10-12-8-9-15(23-12)17(21)22/h1-10H,(H,19,20)(H,21,22). The fourth-order valence-electron chi connectivity index (χ4n) is 2.18. The molecule has 0 aliphatic carbocycles. The Bertz CT molecular complexity index is 910. The summed E-state index contributed by atoms with van der Waals surface area (Å²) < 4.78 is 0. The van der Waals surface area contributed by atoms with Crippen molar-refractivity contribution in [3.05, 3.63) is 69.9 Å². The van der Waals surface area contributed by atoms with E-state index in [2.05, 4.69) is 10.5 Å². The predicted molar refractivity (Wildman–Crippen MR) is 90.3 cm³/mol. The van der Waals surface area contributed by atoms with Crippen LogP contribution in [0.4, 0.5) is 0 Å². The molecule has 23 heavy (non-hydrogen) atoms. The van der Waals surface area contributed by atoms with Gasteiger partial charge in [-0.3, -0.25) is 4.79 Å². The quantitative estimate of drug-likeness (QED) is 0.570. The van der Waals surface area contributed by atoms with Crippen molar-refractivity contribution < 1.29 is 14.7 Å². The number of carbonyl (C=O) groups excluding carboxylic acids is 1. The van der Waals surface area contributed by atoms with Crippen LogP contribution < -0.4 is 5.43 Å². The topological polar surface area (TPSA) is 78.8 Å². The maximum Gasteiger partial charge on any atom is 0.345 e. The maximum atomic E-state index is 12.2. The third-order valence-electron chi connectivity index (χ3n) is 3.23. The van der Waals surface area contributed by atoms with Gasteiger partial charge in [0.05, 0.1) is 6.21 Å². The Morgan fingerprint density at radius 1 is 1.04 bits per heavy atom. The van der Waals surface area contributed by atoms with Gasteiger partial charge in [0.15, 0.2) is 0 Å². The molecule has 1 aromatic heterocycles. The van der Waals surface area contributed by atoms with E-state index in [1.807, 2.05) is 36.4 Å². The van der Waals surface area contributed by atoms with Crippen molar-refractivity contribution >= 4 is 40.2 Å². The van der Waals surface area contributed by atoms with E-state index >= 15 is 0 Å². The first-order valence-corrected chi connectivity index (χ1v) is 7.61. The minimum absolute atomic E-state index is 0.229. The molecule has 0 unspecified atom stereocenters. The van der Waals surface area contributed by atoms with Crippen molar-refractivity contribution in [3.63, 3.8) is 0 Å². The van der Waals surface area contributed by atoms with E-state index in [1.54, 1.807) is 12.1 Å². The van der Waals surface area contributed by atoms with Crippen LogP contribution in [-0.4, -0.2) is 23.2 Å². The largest absolute Gasteiger partial charge is 0.477 e. The Morgan fingerprint density at radius 2 is 1.83 bits per heavy atom. The van der Waals surface area contributed by atoms with Crippen LogP contribution in [0, 0.1) is 0 Å². The van der Waals surface area contributed by atoms with E-state index in [4.69, 9.17) is 5.11 Å². The van der Waals surface area contributed by atoms with E-state index in [0.29, 0.717) is 10.4 Å². The lowest BCUT2D eigenvalue weighted by Gasteiger charge is -2.04. The average Bonchev–Trinajstić information content (AvgIpc) is 3.03. The van der Waals surface area contributed by atoms with Gasteiger partial charge >= 0.3 is 5.97 Å². The Kier molecular flexibility index (Phi) is 4.16. The van der Waals surface area contributed by atoms with Gasteiger partial charge in [-0.05, 0) is 29.0 Å². The number of nitrogens with one attached hydrogen (secondary N) is 1. The predicted octanol–water partition coefficient (Wildman–Crippen LogP) is 3.36. The second-order valence-corrected chi connectivity index (χ2v) is 5.85. The van der Waals surface area contributed by atoms with Crippen molar-refractivity contribution in [2.24, 2.45) is 5.10 Å². The molecule has 2 aromatic carbocycles. The fourth-order valence-corrected chi connectivity index (χ4v) is 2.89. The first-order chi connectivity index (χ1) is 11.1. The molecule has 0 atom stereocenters. The number of benzene rings is 2. The number of nitrogens with zero attached hydrogens (tertiary/aromatic N) is 1. The van der Waals surface area contributed by atoms with Crippen LogP contribution in [0.15, 0.2) is 59.7 Å². The molecule has 2 N–H and O–H groups in total. The van der Waals surface area contributed by atoms with Gasteiger partial charge in [-0.25, -0.2) is 10.2 Å². The lowest BCUT2D eigenvalue weighted by atomic mass is 10.0. The SMILES string of the molecule is O=C(O)c1ccc(C=NNC(=O)c2cccc3ccccc23)s1. The van der Waals surface area contributed by atoms with E-state index in [-0.39, 0.29) is 10.8 Å². The van der Waals surface area contributed by atoms with E-state index in [0.717, 1.165) is 22.1 Å². The van der Waals surface area contributed by atoms with Crippen molar-refractivity contribution in [1.82, 2.24) is 5.43 Å². The van der Waals surface area contributed by atoms with Crippen LogP contribution >= 0.6 is 11.3 Å². The molecular formula is C17H12N2O3S. The number of aromatic carboxylic acids is 1. The second kappa shape index (κ2) is 6.41. The lowest BCUT2D eigenvalue weighted by Crippen LogP contribution is -2.17. The Hall–Kier alpha value is -2.99. The Balaban J connectivity index is 1.75. The fraction of sp³-hybridized carbons (Fsp3) is 0. The molecule has 0 saturated carbocycles. The van der Waals surface area contributed by atoms with Crippen molar-refractivity contribution in [1.29, 1.82) is 0 Å². The molecule has 5 nitrogen and oxygen atoms in total. The van der Waals surface area contributed by atoms with Gasteiger partial charge in [0, 0.05) is 10.4 Å². The number of carbonyl (C=O) groups is 2. The zero-order valence-electron chi connectivity index (χ0n) is 11.9. The molecule has 3 aromatic rings. The summed E-state index contributed by atoms with van der Waals surface area (Å²) in [4.78, 5) is 23.9. The second-order valence-electron chi connectivity index (χ2n) is 4.73. The first kappa shape index (κ1) is 14.9. The number of hydrogen-bond donors (Lipinski definition) is 2. The normalized spacial score (nSPS) is 11.0. The third kappa shape index (κ3) is 3.27. The van der Waals surface area contributed by atoms with Crippen LogP contribution in [0.3, 0.4) is 0 Å². The molecule has 0 aliphatic heterocycles. The number of rotatable bonds is 4. The van der Waals surface area contributed by atoms with Crippen LogP contribution in [0.1, 0.15) is 24.9 Å². The molecule has 0 fully saturated rings. The molecule has 0 radical (unpaired) electrons. The number of amides is 1.